The number of para-hydroxylation sites is 4. The third-order valence-corrected chi connectivity index (χ3v) is 5.55. The normalized spacial score (nSPS) is 10.7. The van der Waals surface area contributed by atoms with E-state index in [9.17, 15) is 4.79 Å². The highest BCUT2D eigenvalue weighted by molar-refractivity contribution is 6.33. The zero-order chi connectivity index (χ0) is 22.6. The van der Waals surface area contributed by atoms with E-state index in [2.05, 4.69) is 5.32 Å². The molecule has 0 spiro atoms. The van der Waals surface area contributed by atoms with Crippen LogP contribution in [0.3, 0.4) is 0 Å². The van der Waals surface area contributed by atoms with Crippen molar-refractivity contribution in [3.63, 3.8) is 0 Å². The molecule has 33 heavy (non-hydrogen) atoms. The molecule has 0 unspecified atom stereocenters. The molecule has 0 atom stereocenters. The Hall–Kier alpha value is -4.15. The molecule has 5 aromatic rings. The van der Waals surface area contributed by atoms with Crippen LogP contribution in [0.15, 0.2) is 109 Å². The zero-order valence-electron chi connectivity index (χ0n) is 17.5. The molecule has 0 aliphatic carbocycles. The topological polar surface area (TPSA) is 51.2 Å². The minimum atomic E-state index is -0.258. The first-order chi connectivity index (χ1) is 16.2. The molecular weight excluding hydrogens is 432 g/mol. The van der Waals surface area contributed by atoms with Gasteiger partial charge in [0.1, 0.15) is 5.75 Å². The highest BCUT2D eigenvalue weighted by atomic mass is 35.5. The number of ether oxygens (including phenoxy) is 1. The van der Waals surface area contributed by atoms with Crippen LogP contribution in [0.5, 0.6) is 11.5 Å². The fraction of sp³-hybridized carbons (Fsp3) is 0. The summed E-state index contributed by atoms with van der Waals surface area (Å²) in [5.41, 5.74) is 3.20. The minimum Gasteiger partial charge on any atom is -0.455 e. The van der Waals surface area contributed by atoms with Crippen molar-refractivity contribution >= 4 is 34.1 Å². The molecule has 1 N–H and O–H groups in total. The summed E-state index contributed by atoms with van der Waals surface area (Å²) in [5, 5.41) is 4.34. The van der Waals surface area contributed by atoms with Gasteiger partial charge in [-0.05, 0) is 42.5 Å². The van der Waals surface area contributed by atoms with Gasteiger partial charge in [-0.3, -0.25) is 4.79 Å². The molecule has 5 heteroatoms. The number of amides is 1. The van der Waals surface area contributed by atoms with E-state index >= 15 is 0 Å². The first kappa shape index (κ1) is 20.7. The third-order valence-electron chi connectivity index (χ3n) is 5.22. The molecule has 0 aliphatic heterocycles. The summed E-state index contributed by atoms with van der Waals surface area (Å²) in [6.07, 6.45) is 0. The number of nitrogens with one attached hydrogen (secondary N) is 1. The second-order valence-electron chi connectivity index (χ2n) is 7.42. The summed E-state index contributed by atoms with van der Waals surface area (Å²) in [7, 11) is 0. The van der Waals surface area contributed by atoms with Gasteiger partial charge in [0.25, 0.3) is 5.91 Å². The van der Waals surface area contributed by atoms with Crippen LogP contribution < -0.4 is 10.1 Å². The molecule has 1 aromatic heterocycles. The van der Waals surface area contributed by atoms with Gasteiger partial charge in [0.15, 0.2) is 5.75 Å². The molecule has 160 valence electrons. The maximum absolute atomic E-state index is 13.5. The van der Waals surface area contributed by atoms with Crippen molar-refractivity contribution in [2.24, 2.45) is 0 Å². The van der Waals surface area contributed by atoms with Crippen LogP contribution in [0.2, 0.25) is 5.02 Å². The molecule has 1 heterocycles. The fourth-order valence-corrected chi connectivity index (χ4v) is 3.87. The number of halogens is 1. The van der Waals surface area contributed by atoms with Crippen molar-refractivity contribution in [3.05, 3.63) is 120 Å². The van der Waals surface area contributed by atoms with Crippen LogP contribution in [-0.4, -0.2) is 10.9 Å². The Kier molecular flexibility index (Phi) is 5.75. The minimum absolute atomic E-state index is 0.258. The number of nitrogens with zero attached hydrogens (tertiary/aromatic N) is 1. The van der Waals surface area contributed by atoms with Gasteiger partial charge in [-0.1, -0.05) is 78.3 Å². The SMILES string of the molecule is O=C(Nc1ccccc1Oc1ccccc1)c1cc(-c2ccccc2Cl)nc2ccccc12. The molecule has 5 rings (SSSR count). The maximum atomic E-state index is 13.5. The highest BCUT2D eigenvalue weighted by Crippen LogP contribution is 2.32. The molecule has 0 saturated heterocycles. The summed E-state index contributed by atoms with van der Waals surface area (Å²) in [6.45, 7) is 0. The lowest BCUT2D eigenvalue weighted by atomic mass is 10.0. The summed E-state index contributed by atoms with van der Waals surface area (Å²) in [4.78, 5) is 18.2. The van der Waals surface area contributed by atoms with Gasteiger partial charge >= 0.3 is 0 Å². The number of hydrogen-bond donors (Lipinski definition) is 1. The Bertz CT molecular complexity index is 1450. The van der Waals surface area contributed by atoms with E-state index in [0.29, 0.717) is 39.0 Å². The third kappa shape index (κ3) is 4.43. The number of hydrogen-bond acceptors (Lipinski definition) is 3. The Morgan fingerprint density at radius 3 is 2.33 bits per heavy atom. The maximum Gasteiger partial charge on any atom is 0.256 e. The van der Waals surface area contributed by atoms with E-state index in [1.807, 2.05) is 103 Å². The molecule has 0 fully saturated rings. The zero-order valence-corrected chi connectivity index (χ0v) is 18.3. The first-order valence-electron chi connectivity index (χ1n) is 10.5. The van der Waals surface area contributed by atoms with Crippen LogP contribution in [0.1, 0.15) is 10.4 Å². The molecular formula is C28H19ClN2O2. The molecule has 1 amide bonds. The van der Waals surface area contributed by atoms with Crippen molar-refractivity contribution in [1.29, 1.82) is 0 Å². The van der Waals surface area contributed by atoms with E-state index in [1.54, 1.807) is 6.07 Å². The number of fused-ring (bicyclic) bond motifs is 1. The van der Waals surface area contributed by atoms with Crippen LogP contribution in [0, 0.1) is 0 Å². The van der Waals surface area contributed by atoms with Gasteiger partial charge in [-0.2, -0.15) is 0 Å². The lowest BCUT2D eigenvalue weighted by Gasteiger charge is -2.14. The smallest absolute Gasteiger partial charge is 0.256 e. The lowest BCUT2D eigenvalue weighted by molar-refractivity contribution is 0.102. The summed E-state index contributed by atoms with van der Waals surface area (Å²) in [5.74, 6) is 0.988. The van der Waals surface area contributed by atoms with Crippen molar-refractivity contribution in [2.45, 2.75) is 0 Å². The summed E-state index contributed by atoms with van der Waals surface area (Å²) >= 11 is 6.41. The van der Waals surface area contributed by atoms with E-state index in [4.69, 9.17) is 21.3 Å². The van der Waals surface area contributed by atoms with Crippen LogP contribution in [0.25, 0.3) is 22.2 Å². The summed E-state index contributed by atoms with van der Waals surface area (Å²) in [6, 6.07) is 33.6. The molecule has 0 bridgehead atoms. The monoisotopic (exact) mass is 450 g/mol. The Labute approximate surface area is 196 Å². The van der Waals surface area contributed by atoms with E-state index in [-0.39, 0.29) is 5.91 Å². The van der Waals surface area contributed by atoms with Gasteiger partial charge in [-0.15, -0.1) is 0 Å². The second-order valence-corrected chi connectivity index (χ2v) is 7.82. The van der Waals surface area contributed by atoms with Gasteiger partial charge in [0, 0.05) is 16.0 Å². The van der Waals surface area contributed by atoms with Gasteiger partial charge < -0.3 is 10.1 Å². The van der Waals surface area contributed by atoms with Crippen molar-refractivity contribution in [1.82, 2.24) is 4.98 Å². The average Bonchev–Trinajstić information content (AvgIpc) is 2.85. The Morgan fingerprint density at radius 2 is 1.48 bits per heavy atom. The lowest BCUT2D eigenvalue weighted by Crippen LogP contribution is -2.13. The molecule has 0 aliphatic rings. The van der Waals surface area contributed by atoms with Crippen molar-refractivity contribution < 1.29 is 9.53 Å². The van der Waals surface area contributed by atoms with Crippen LogP contribution >= 0.6 is 11.6 Å². The quantitative estimate of drug-likeness (QED) is 0.300. The van der Waals surface area contributed by atoms with Crippen molar-refractivity contribution in [3.8, 4) is 22.8 Å². The number of rotatable bonds is 5. The van der Waals surface area contributed by atoms with E-state index in [1.165, 1.54) is 0 Å². The van der Waals surface area contributed by atoms with E-state index in [0.717, 1.165) is 10.9 Å². The fourth-order valence-electron chi connectivity index (χ4n) is 3.63. The largest absolute Gasteiger partial charge is 0.455 e. The number of carbonyl (C=O) groups is 1. The Balaban J connectivity index is 1.54. The van der Waals surface area contributed by atoms with Gasteiger partial charge in [0.05, 0.1) is 22.5 Å². The molecule has 0 radical (unpaired) electrons. The molecule has 4 aromatic carbocycles. The van der Waals surface area contributed by atoms with Crippen LogP contribution in [-0.2, 0) is 0 Å². The number of benzene rings is 4. The van der Waals surface area contributed by atoms with E-state index < -0.39 is 0 Å². The van der Waals surface area contributed by atoms with Gasteiger partial charge in [-0.25, -0.2) is 4.98 Å². The predicted molar refractivity (Wildman–Crippen MR) is 133 cm³/mol. The number of aromatic nitrogens is 1. The standard InChI is InChI=1S/C28H19ClN2O2/c29-23-14-6-4-13-21(23)26-18-22(20-12-5-7-15-24(20)30-26)28(32)31-25-16-8-9-17-27(25)33-19-10-2-1-3-11-19/h1-18H,(H,31,32). The second kappa shape index (κ2) is 9.15. The highest BCUT2D eigenvalue weighted by Gasteiger charge is 2.17. The van der Waals surface area contributed by atoms with Crippen LogP contribution in [0.4, 0.5) is 5.69 Å². The molecule has 0 saturated carbocycles. The Morgan fingerprint density at radius 1 is 0.788 bits per heavy atom. The summed E-state index contributed by atoms with van der Waals surface area (Å²) < 4.78 is 6.00. The van der Waals surface area contributed by atoms with Gasteiger partial charge in [0.2, 0.25) is 0 Å². The molecule has 4 nitrogen and oxygen atoms in total. The number of carbonyl (C=O) groups excluding carboxylic acids is 1. The first-order valence-corrected chi connectivity index (χ1v) is 10.8. The number of anilines is 1. The average molecular weight is 451 g/mol. The van der Waals surface area contributed by atoms with Crippen molar-refractivity contribution in [2.75, 3.05) is 5.32 Å². The number of pyridine rings is 1. The predicted octanol–water partition coefficient (Wildman–Crippen LogP) is 7.60.